The maximum absolute atomic E-state index is 11.8. The van der Waals surface area contributed by atoms with Gasteiger partial charge in [-0.25, -0.2) is 0 Å². The Bertz CT molecular complexity index is 2090. The minimum absolute atomic E-state index is 0.669. The molecule has 21 heterocycles. The number of aliphatic hydroxyl groups is 25. The summed E-state index contributed by atoms with van der Waals surface area (Å²) in [6.45, 7) is -8.96. The van der Waals surface area contributed by atoms with E-state index >= 15 is 0 Å². The Hall–Kier alpha value is -1.60. The summed E-state index contributed by atoms with van der Waals surface area (Å²) >= 11 is 0. The van der Waals surface area contributed by atoms with Gasteiger partial charge in [-0.1, -0.05) is 0 Å². The van der Waals surface area contributed by atoms with E-state index in [1.165, 1.54) is 0 Å². The molecule has 21 aliphatic heterocycles. The monoisotopic (exact) mass is 1300 g/mol. The van der Waals surface area contributed by atoms with Gasteiger partial charge in [-0.15, -0.1) is 0 Å². The lowest BCUT2D eigenvalue weighted by Crippen LogP contribution is -2.68. The lowest BCUT2D eigenvalue weighted by Gasteiger charge is -2.50. The first-order valence-corrected chi connectivity index (χ1v) is 28.2. The fourth-order valence-electron chi connectivity index (χ4n) is 11.5. The summed E-state index contributed by atoms with van der Waals surface area (Å²) in [5.74, 6) is 0. The maximum Gasteiger partial charge on any atom is 0.187 e. The molecule has 514 valence electrons. The third-order valence-corrected chi connectivity index (χ3v) is 16.6. The Balaban J connectivity index is 1.09. The van der Waals surface area contributed by atoms with Crippen LogP contribution in [-0.2, 0) is 66.3 Å². The predicted octanol–water partition coefficient (Wildman–Crippen LogP) is -18.2. The molecule has 0 aromatic carbocycles. The standard InChI is InChI=1S/C48H83NO39/c50-3-11(58)20(60)19(59)10(57)1-49-2-12-35-21(61)28(68)42(75-12)83-36-13(4-51)77-44(30(70)23(36)63)85-38-15(6-53)79-46(32(72)25(38)65)87-40-17(8-55)81-48(34(74)27(40)67)88-41-18(9-56)80-47(33(73)26(41)66)86-39-16(7-54)78-45(31(71)24(39)64)84-37-14(5-52)76-43(82-35)29(69)22(37)62/h10-74H,1-9H2/t10?,11?,12-,13+,14-,15+,16-,17+,18-,19?,20?,21+,22+,23+,24+,25-,26+,27+,28+,29+,30-,31+,32-,33+,34+,35+,36+,37+,38+,39+,40+,41+,42+,43+,44+,45+,46+,47+,48+/m0/s1. The highest BCUT2D eigenvalue weighted by Gasteiger charge is 2.60. The number of nitrogens with one attached hydrogen (secondary N) is 1. The fourth-order valence-corrected chi connectivity index (χ4v) is 11.5. The summed E-state index contributed by atoms with van der Waals surface area (Å²) in [7, 11) is 0. The summed E-state index contributed by atoms with van der Waals surface area (Å²) in [6.07, 6.45) is -80.6. The van der Waals surface area contributed by atoms with Crippen LogP contribution in [0.15, 0.2) is 0 Å². The molecule has 21 rings (SSSR count). The Kier molecular flexibility index (Phi) is 25.7. The van der Waals surface area contributed by atoms with Crippen LogP contribution in [0.25, 0.3) is 0 Å². The van der Waals surface area contributed by atoms with Gasteiger partial charge in [0.05, 0.1) is 52.4 Å². The van der Waals surface area contributed by atoms with Crippen molar-refractivity contribution in [1.29, 1.82) is 0 Å². The normalized spacial score (nSPS) is 51.4. The zero-order chi connectivity index (χ0) is 64.5. The molecule has 0 spiro atoms. The van der Waals surface area contributed by atoms with Crippen LogP contribution in [0.5, 0.6) is 0 Å². The van der Waals surface area contributed by atoms with Gasteiger partial charge in [0.1, 0.15) is 189 Å². The smallest absolute Gasteiger partial charge is 0.187 e. The van der Waals surface area contributed by atoms with Crippen molar-refractivity contribution in [2.24, 2.45) is 0 Å². The second-order valence-electron chi connectivity index (χ2n) is 22.4. The van der Waals surface area contributed by atoms with Crippen LogP contribution in [0.3, 0.4) is 0 Å². The molecular weight excluding hydrogens is 1210 g/mol. The number of ether oxygens (including phenoxy) is 14. The molecule has 0 aliphatic carbocycles. The average Bonchev–Trinajstić information content (AvgIpc) is 1.89. The van der Waals surface area contributed by atoms with Crippen molar-refractivity contribution in [2.45, 2.75) is 239 Å². The zero-order valence-electron chi connectivity index (χ0n) is 46.3. The molecule has 14 bridgehead atoms. The molecular formula is C48H83NO39. The van der Waals surface area contributed by atoms with Crippen molar-refractivity contribution in [2.75, 3.05) is 59.3 Å². The Morgan fingerprint density at radius 1 is 0.239 bits per heavy atom. The third kappa shape index (κ3) is 14.9. The summed E-state index contributed by atoms with van der Waals surface area (Å²) < 4.78 is 80.5. The second-order valence-corrected chi connectivity index (χ2v) is 22.4. The van der Waals surface area contributed by atoms with Crippen LogP contribution in [-0.4, -0.2) is 426 Å². The zero-order valence-corrected chi connectivity index (χ0v) is 46.3. The third-order valence-electron chi connectivity index (χ3n) is 16.6. The van der Waals surface area contributed by atoms with E-state index in [1.54, 1.807) is 0 Å². The molecule has 21 saturated heterocycles. The van der Waals surface area contributed by atoms with Crippen molar-refractivity contribution in [3.8, 4) is 0 Å². The Morgan fingerprint density at radius 3 is 0.614 bits per heavy atom. The molecule has 0 amide bonds. The molecule has 40 heteroatoms. The van der Waals surface area contributed by atoms with E-state index in [4.69, 9.17) is 66.3 Å². The van der Waals surface area contributed by atoms with Gasteiger partial charge in [-0.3, -0.25) is 0 Å². The lowest BCUT2D eigenvalue weighted by molar-refractivity contribution is -0.396. The second kappa shape index (κ2) is 31.3. The van der Waals surface area contributed by atoms with Gasteiger partial charge in [-0.2, -0.15) is 0 Å². The van der Waals surface area contributed by atoms with Crippen LogP contribution in [0, 0.1) is 0 Å². The van der Waals surface area contributed by atoms with Crippen molar-refractivity contribution in [3.63, 3.8) is 0 Å². The van der Waals surface area contributed by atoms with Gasteiger partial charge < -0.3 is 199 Å². The van der Waals surface area contributed by atoms with Crippen molar-refractivity contribution < 1.29 is 194 Å². The van der Waals surface area contributed by atoms with Crippen molar-refractivity contribution in [1.82, 2.24) is 5.32 Å². The summed E-state index contributed by atoms with van der Waals surface area (Å²) in [5, 5.41) is 276. The highest BCUT2D eigenvalue weighted by molar-refractivity contribution is 5.02. The first-order chi connectivity index (χ1) is 41.8. The van der Waals surface area contributed by atoms with Crippen molar-refractivity contribution >= 4 is 0 Å². The molecule has 4 unspecified atom stereocenters. The van der Waals surface area contributed by atoms with Crippen LogP contribution >= 0.6 is 0 Å². The number of hydrogen-bond acceptors (Lipinski definition) is 40. The number of rotatable bonds is 14. The van der Waals surface area contributed by atoms with E-state index in [1.807, 2.05) is 0 Å². The molecule has 0 saturated carbocycles. The maximum atomic E-state index is 11.8. The molecule has 0 radical (unpaired) electrons. The Labute approximate surface area is 497 Å². The fraction of sp³-hybridized carbons (Fsp3) is 1.00. The van der Waals surface area contributed by atoms with Gasteiger partial charge in [0, 0.05) is 13.1 Å². The van der Waals surface area contributed by atoms with E-state index in [2.05, 4.69) is 5.32 Å². The molecule has 40 nitrogen and oxygen atoms in total. The van der Waals surface area contributed by atoms with E-state index in [-0.39, 0.29) is 0 Å². The van der Waals surface area contributed by atoms with E-state index in [9.17, 15) is 128 Å². The van der Waals surface area contributed by atoms with E-state index in [0.717, 1.165) is 0 Å². The van der Waals surface area contributed by atoms with Crippen LogP contribution < -0.4 is 5.32 Å². The molecule has 21 fully saturated rings. The lowest BCUT2D eigenvalue weighted by atomic mass is 9.95. The van der Waals surface area contributed by atoms with Gasteiger partial charge in [-0.05, 0) is 0 Å². The SMILES string of the molecule is OCC(O)C(O)C(O)C(O)CNC[C@@H]1O[C@@H]2O[C@H]3[C@H](O)[C@H](O)[C@@H](O[C@H]4[C@@H](O)[C@H](O)[C@@H](O[C@H]5[C@H](O)[C@@H](O)[C@@H](O[C@H]6[C@H](O)[C@@H](O)[C@@H](O[C@H]7[C@H](O)[C@@H](O)[C@@H](O[C@H]8[C@H](O)[C@@H](O)[C@@H](O[C@H]1[C@H](O)[C@H]2O)O[C@H]8CO)O[C@H]7CO)O[C@H]6CO)O[C@@H]5CO)O[C@@H]4CO)O[C@@H]3CO. The number of aliphatic hydroxyl groups excluding tert-OH is 25. The first kappa shape index (κ1) is 72.2. The van der Waals surface area contributed by atoms with Gasteiger partial charge in [0.2, 0.25) is 0 Å². The van der Waals surface area contributed by atoms with Crippen LogP contribution in [0.4, 0.5) is 0 Å². The quantitative estimate of drug-likeness (QED) is 0.0768. The molecule has 0 aromatic rings. The largest absolute Gasteiger partial charge is 0.394 e. The van der Waals surface area contributed by atoms with E-state index in [0.29, 0.717) is 0 Å². The minimum Gasteiger partial charge on any atom is -0.394 e. The predicted molar refractivity (Wildman–Crippen MR) is 265 cm³/mol. The van der Waals surface area contributed by atoms with Gasteiger partial charge in [0.15, 0.2) is 44.0 Å². The van der Waals surface area contributed by atoms with Crippen LogP contribution in [0.1, 0.15) is 0 Å². The summed E-state index contributed by atoms with van der Waals surface area (Å²) in [6, 6.07) is 0. The molecule has 39 atom stereocenters. The van der Waals surface area contributed by atoms with Gasteiger partial charge in [0.25, 0.3) is 0 Å². The summed E-state index contributed by atoms with van der Waals surface area (Å²) in [4.78, 5) is 0. The highest BCUT2D eigenvalue weighted by Crippen LogP contribution is 2.39. The number of hydrogen-bond donors (Lipinski definition) is 26. The molecule has 26 N–H and O–H groups in total. The highest BCUT2D eigenvalue weighted by atomic mass is 16.8. The Morgan fingerprint density at radius 2 is 0.420 bits per heavy atom. The molecule has 88 heavy (non-hydrogen) atoms. The topological polar surface area (TPSA) is 647 Å². The van der Waals surface area contributed by atoms with Gasteiger partial charge >= 0.3 is 0 Å². The van der Waals surface area contributed by atoms with E-state index < -0.39 is 299 Å². The van der Waals surface area contributed by atoms with Crippen LogP contribution in [0.2, 0.25) is 0 Å². The molecule has 21 aliphatic rings. The first-order valence-electron chi connectivity index (χ1n) is 28.2. The summed E-state index contributed by atoms with van der Waals surface area (Å²) in [5.41, 5.74) is 0. The molecule has 0 aromatic heterocycles. The van der Waals surface area contributed by atoms with Crippen molar-refractivity contribution in [3.05, 3.63) is 0 Å². The minimum atomic E-state index is -2.32. The average molecular weight is 1300 g/mol.